The minimum atomic E-state index is -0.165. The van der Waals surface area contributed by atoms with Gasteiger partial charge in [0.1, 0.15) is 0 Å². The molecule has 2 aliphatic rings. The van der Waals surface area contributed by atoms with Crippen LogP contribution in [0.1, 0.15) is 46.6 Å². The van der Waals surface area contributed by atoms with Gasteiger partial charge in [-0.15, -0.1) is 12.4 Å². The lowest BCUT2D eigenvalue weighted by atomic mass is 10.1. The summed E-state index contributed by atoms with van der Waals surface area (Å²) in [6.45, 7) is 2.80. The van der Waals surface area contributed by atoms with Crippen LogP contribution in [0.3, 0.4) is 0 Å². The van der Waals surface area contributed by atoms with Crippen LogP contribution in [-0.4, -0.2) is 35.1 Å². The lowest BCUT2D eigenvalue weighted by Crippen LogP contribution is -2.35. The normalized spacial score (nSPS) is 16.4. The van der Waals surface area contributed by atoms with E-state index >= 15 is 0 Å². The number of halogens is 1. The third-order valence-corrected chi connectivity index (χ3v) is 5.05. The number of nitrogens with zero attached hydrogens (tertiary/aromatic N) is 2. The molecule has 1 fully saturated rings. The number of benzene rings is 1. The van der Waals surface area contributed by atoms with Crippen LogP contribution in [0.25, 0.3) is 0 Å². The number of nitrogens with one attached hydrogen (secondary N) is 3. The summed E-state index contributed by atoms with van der Waals surface area (Å²) in [7, 11) is 0. The molecule has 4 rings (SSSR count). The van der Waals surface area contributed by atoms with E-state index in [0.717, 1.165) is 54.9 Å². The zero-order chi connectivity index (χ0) is 17.9. The first-order valence-electron chi connectivity index (χ1n) is 9.17. The third kappa shape index (κ3) is 4.14. The van der Waals surface area contributed by atoms with Crippen LogP contribution < -0.4 is 15.5 Å². The lowest BCUT2D eigenvalue weighted by Gasteiger charge is -2.26. The van der Waals surface area contributed by atoms with Crippen LogP contribution >= 0.6 is 12.4 Å². The monoisotopic (exact) mass is 389 g/mol. The van der Waals surface area contributed by atoms with Gasteiger partial charge in [-0.05, 0) is 30.5 Å². The zero-order valence-electron chi connectivity index (χ0n) is 15.1. The number of rotatable bonds is 4. The van der Waals surface area contributed by atoms with Gasteiger partial charge >= 0.3 is 0 Å². The first-order valence-corrected chi connectivity index (χ1v) is 9.17. The van der Waals surface area contributed by atoms with E-state index in [4.69, 9.17) is 0 Å². The molecule has 2 aromatic rings. The Morgan fingerprint density at radius 3 is 2.78 bits per heavy atom. The second kappa shape index (κ2) is 8.54. The van der Waals surface area contributed by atoms with Gasteiger partial charge < -0.3 is 15.5 Å². The van der Waals surface area contributed by atoms with Crippen molar-refractivity contribution in [1.82, 2.24) is 20.8 Å². The molecule has 0 bridgehead atoms. The van der Waals surface area contributed by atoms with E-state index in [9.17, 15) is 9.59 Å². The highest BCUT2D eigenvalue weighted by atomic mass is 35.5. The van der Waals surface area contributed by atoms with E-state index < -0.39 is 0 Å². The van der Waals surface area contributed by atoms with E-state index in [1.807, 2.05) is 29.2 Å². The van der Waals surface area contributed by atoms with Crippen LogP contribution in [-0.2, 0) is 24.3 Å². The van der Waals surface area contributed by atoms with Crippen molar-refractivity contribution >= 4 is 29.9 Å². The fraction of sp³-hybridized carbons (Fsp3) is 0.421. The summed E-state index contributed by atoms with van der Waals surface area (Å²) in [6, 6.07) is 7.81. The lowest BCUT2D eigenvalue weighted by molar-refractivity contribution is -0.119. The fourth-order valence-corrected chi connectivity index (χ4v) is 3.55. The van der Waals surface area contributed by atoms with Gasteiger partial charge in [0, 0.05) is 56.0 Å². The Balaban J connectivity index is 0.00000210. The van der Waals surface area contributed by atoms with Gasteiger partial charge in [-0.1, -0.05) is 12.1 Å². The molecule has 0 spiro atoms. The number of piperidine rings is 1. The highest BCUT2D eigenvalue weighted by Gasteiger charge is 2.22. The largest absolute Gasteiger partial charge is 0.347 e. The predicted octanol–water partition coefficient (Wildman–Crippen LogP) is 1.92. The van der Waals surface area contributed by atoms with Gasteiger partial charge in [0.2, 0.25) is 5.91 Å². The first kappa shape index (κ1) is 19.4. The number of fused-ring (bicyclic) bond motifs is 1. The molecule has 8 heteroatoms. The highest BCUT2D eigenvalue weighted by Crippen LogP contribution is 2.21. The van der Waals surface area contributed by atoms with Gasteiger partial charge in [-0.25, -0.2) is 0 Å². The second-order valence-electron chi connectivity index (χ2n) is 6.81. The topological polar surface area (TPSA) is 90.1 Å². The zero-order valence-corrected chi connectivity index (χ0v) is 15.9. The van der Waals surface area contributed by atoms with Gasteiger partial charge in [-0.3, -0.25) is 14.7 Å². The quantitative estimate of drug-likeness (QED) is 0.745. The van der Waals surface area contributed by atoms with E-state index in [2.05, 4.69) is 20.8 Å². The van der Waals surface area contributed by atoms with Crippen LogP contribution in [0.4, 0.5) is 5.69 Å². The SMILES string of the molecule is Cl.O=C(NCc1ccc(N2CCCCC2=O)cc1)c1n[nH]c2c1CNCC2. The predicted molar refractivity (Wildman–Crippen MR) is 105 cm³/mol. The maximum atomic E-state index is 12.4. The summed E-state index contributed by atoms with van der Waals surface area (Å²) in [5.41, 5.74) is 4.41. The molecule has 27 heavy (non-hydrogen) atoms. The third-order valence-electron chi connectivity index (χ3n) is 5.05. The fourth-order valence-electron chi connectivity index (χ4n) is 3.55. The molecule has 0 unspecified atom stereocenters. The second-order valence-corrected chi connectivity index (χ2v) is 6.81. The molecule has 2 amide bonds. The molecule has 1 saturated heterocycles. The molecule has 7 nitrogen and oxygen atoms in total. The van der Waals surface area contributed by atoms with Crippen molar-refractivity contribution in [3.8, 4) is 0 Å². The van der Waals surface area contributed by atoms with E-state index in [0.29, 0.717) is 25.2 Å². The van der Waals surface area contributed by atoms with Crippen molar-refractivity contribution < 1.29 is 9.59 Å². The molecule has 0 radical (unpaired) electrons. The number of hydrogen-bond donors (Lipinski definition) is 3. The van der Waals surface area contributed by atoms with Crippen LogP contribution in [0.2, 0.25) is 0 Å². The minimum absolute atomic E-state index is 0. The molecule has 3 N–H and O–H groups in total. The summed E-state index contributed by atoms with van der Waals surface area (Å²) in [4.78, 5) is 26.3. The number of hydrogen-bond acceptors (Lipinski definition) is 4. The number of H-pyrrole nitrogens is 1. The molecule has 1 aromatic heterocycles. The Morgan fingerprint density at radius 1 is 1.19 bits per heavy atom. The van der Waals surface area contributed by atoms with Crippen LogP contribution in [0.5, 0.6) is 0 Å². The molecule has 1 aromatic carbocycles. The van der Waals surface area contributed by atoms with E-state index in [-0.39, 0.29) is 24.2 Å². The Labute approximate surface area is 164 Å². The van der Waals surface area contributed by atoms with Gasteiger partial charge in [-0.2, -0.15) is 5.10 Å². The van der Waals surface area contributed by atoms with Gasteiger partial charge in [0.05, 0.1) is 0 Å². The molecular formula is C19H24ClN5O2. The van der Waals surface area contributed by atoms with Crippen molar-refractivity contribution in [3.63, 3.8) is 0 Å². The van der Waals surface area contributed by atoms with E-state index in [1.165, 1.54) is 0 Å². The number of aromatic nitrogens is 2. The summed E-state index contributed by atoms with van der Waals surface area (Å²) in [6.07, 6.45) is 3.52. The maximum absolute atomic E-state index is 12.4. The van der Waals surface area contributed by atoms with Crippen molar-refractivity contribution in [2.45, 2.75) is 38.8 Å². The van der Waals surface area contributed by atoms with Crippen molar-refractivity contribution in [1.29, 1.82) is 0 Å². The first-order chi connectivity index (χ1) is 12.7. The maximum Gasteiger partial charge on any atom is 0.272 e. The highest BCUT2D eigenvalue weighted by molar-refractivity contribution is 5.94. The average molecular weight is 390 g/mol. The molecule has 3 heterocycles. The molecule has 0 aliphatic carbocycles. The molecular weight excluding hydrogens is 366 g/mol. The standard InChI is InChI=1S/C19H23N5O2.ClH/c25-17-3-1-2-10-24(17)14-6-4-13(5-7-14)11-21-19(26)18-15-12-20-9-8-16(15)22-23-18;/h4-7,20H,1-3,8-12H2,(H,21,26)(H,22,23);1H. The molecule has 2 aliphatic heterocycles. The summed E-state index contributed by atoms with van der Waals surface area (Å²) >= 11 is 0. The van der Waals surface area contributed by atoms with Crippen molar-refractivity contribution in [2.75, 3.05) is 18.0 Å². The Hall–Kier alpha value is -2.38. The Bertz CT molecular complexity index is 818. The van der Waals surface area contributed by atoms with Crippen LogP contribution in [0, 0.1) is 0 Å². The van der Waals surface area contributed by atoms with Crippen LogP contribution in [0.15, 0.2) is 24.3 Å². The molecule has 144 valence electrons. The molecule has 0 saturated carbocycles. The average Bonchev–Trinajstić information content (AvgIpc) is 3.11. The smallest absolute Gasteiger partial charge is 0.272 e. The summed E-state index contributed by atoms with van der Waals surface area (Å²) in [5.74, 6) is 0.0238. The number of aromatic amines is 1. The molecule has 0 atom stereocenters. The van der Waals surface area contributed by atoms with Gasteiger partial charge in [0.15, 0.2) is 5.69 Å². The van der Waals surface area contributed by atoms with E-state index in [1.54, 1.807) is 0 Å². The number of amides is 2. The number of carbonyl (C=O) groups is 2. The van der Waals surface area contributed by atoms with Gasteiger partial charge in [0.25, 0.3) is 5.91 Å². The van der Waals surface area contributed by atoms with Crippen molar-refractivity contribution in [3.05, 3.63) is 46.8 Å². The summed E-state index contributed by atoms with van der Waals surface area (Å²) < 4.78 is 0. The number of carbonyl (C=O) groups excluding carboxylic acids is 2. The Kier molecular flexibility index (Phi) is 6.13. The number of anilines is 1. The summed E-state index contributed by atoms with van der Waals surface area (Å²) in [5, 5.41) is 13.3. The minimum Gasteiger partial charge on any atom is -0.347 e. The Morgan fingerprint density at radius 2 is 2.00 bits per heavy atom. The van der Waals surface area contributed by atoms with Crippen molar-refractivity contribution in [2.24, 2.45) is 0 Å².